The second kappa shape index (κ2) is 12.9. The van der Waals surface area contributed by atoms with Crippen LogP contribution in [0, 0.1) is 18.2 Å². The molecule has 1 aliphatic heterocycles. The lowest BCUT2D eigenvalue weighted by molar-refractivity contribution is -0.160. The average molecular weight is 654 g/mol. The Hall–Kier alpha value is -2.97. The Morgan fingerprint density at radius 3 is 2.26 bits per heavy atom. The largest absolute Gasteiger partial charge is 0.493 e. The normalized spacial score (nSPS) is 17.0. The molecule has 1 saturated carbocycles. The number of anilines is 1. The number of pyridine rings is 1. The van der Waals surface area contributed by atoms with Gasteiger partial charge in [-0.05, 0) is 94.2 Å². The van der Waals surface area contributed by atoms with E-state index in [9.17, 15) is 14.3 Å². The number of carbonyl (C=O) groups is 1. The predicted molar refractivity (Wildman–Crippen MR) is 172 cm³/mol. The number of rotatable bonds is 10. The summed E-state index contributed by atoms with van der Waals surface area (Å²) in [6, 6.07) is 14.4. The monoisotopic (exact) mass is 652 g/mol. The van der Waals surface area contributed by atoms with Crippen LogP contribution in [0.5, 0.6) is 5.75 Å². The molecule has 0 amide bonds. The number of aryl methyl sites for hydroxylation is 1. The fourth-order valence-corrected chi connectivity index (χ4v) is 6.83. The molecule has 0 radical (unpaired) electrons. The quantitative estimate of drug-likeness (QED) is 0.222. The Morgan fingerprint density at radius 1 is 1.07 bits per heavy atom. The van der Waals surface area contributed by atoms with Crippen molar-refractivity contribution in [2.45, 2.75) is 83.3 Å². The van der Waals surface area contributed by atoms with Gasteiger partial charge in [0.15, 0.2) is 6.10 Å². The summed E-state index contributed by atoms with van der Waals surface area (Å²) in [7, 11) is 0. The molecule has 8 heteroatoms. The number of ether oxygens (including phenoxy) is 2. The van der Waals surface area contributed by atoms with E-state index >= 15 is 0 Å². The average Bonchev–Trinajstić information content (AvgIpc) is 2.96. The number of hydrogen-bond donors (Lipinski definition) is 1. The molecule has 1 spiro atoms. The van der Waals surface area contributed by atoms with Crippen LogP contribution < -0.4 is 9.64 Å². The molecule has 1 saturated heterocycles. The van der Waals surface area contributed by atoms with Gasteiger partial charge in [0.1, 0.15) is 11.6 Å². The van der Waals surface area contributed by atoms with Crippen molar-refractivity contribution in [3.05, 3.63) is 76.9 Å². The van der Waals surface area contributed by atoms with E-state index < -0.39 is 17.7 Å². The number of piperidine rings is 1. The molecule has 0 bridgehead atoms. The molecular weight excluding hydrogens is 611 g/mol. The molecular formula is C35H42BrFN2O4. The molecule has 230 valence electrons. The molecule has 1 unspecified atom stereocenters. The first-order chi connectivity index (χ1) is 20.5. The fraction of sp³-hybridized carbons (Fsp3) is 0.486. The number of nitrogens with zero attached hydrogens (tertiary/aromatic N) is 2. The van der Waals surface area contributed by atoms with Crippen LogP contribution in [0.15, 0.2) is 48.5 Å². The van der Waals surface area contributed by atoms with Crippen LogP contribution in [0.4, 0.5) is 10.1 Å². The van der Waals surface area contributed by atoms with E-state index in [-0.39, 0.29) is 5.82 Å². The van der Waals surface area contributed by atoms with Gasteiger partial charge in [0, 0.05) is 41.7 Å². The summed E-state index contributed by atoms with van der Waals surface area (Å²) >= 11 is 3.67. The minimum Gasteiger partial charge on any atom is -0.493 e. The van der Waals surface area contributed by atoms with Crippen LogP contribution in [-0.4, -0.2) is 41.4 Å². The van der Waals surface area contributed by atoms with Crippen LogP contribution >= 0.6 is 15.9 Å². The highest BCUT2D eigenvalue weighted by atomic mass is 79.9. The number of halogens is 2. The zero-order chi connectivity index (χ0) is 30.8. The lowest BCUT2D eigenvalue weighted by Gasteiger charge is -2.49. The van der Waals surface area contributed by atoms with Crippen molar-refractivity contribution in [2.75, 3.05) is 24.6 Å². The molecule has 2 heterocycles. The summed E-state index contributed by atoms with van der Waals surface area (Å²) in [6.45, 7) is 9.76. The van der Waals surface area contributed by atoms with Crippen molar-refractivity contribution < 1.29 is 23.8 Å². The fourth-order valence-electron chi connectivity index (χ4n) is 6.43. The Morgan fingerprint density at radius 2 is 1.72 bits per heavy atom. The Bertz CT molecular complexity index is 1420. The van der Waals surface area contributed by atoms with Gasteiger partial charge in [-0.3, -0.25) is 4.98 Å². The van der Waals surface area contributed by atoms with E-state index in [1.54, 1.807) is 12.1 Å². The van der Waals surface area contributed by atoms with E-state index in [1.165, 1.54) is 31.4 Å². The summed E-state index contributed by atoms with van der Waals surface area (Å²) in [4.78, 5) is 20.1. The first kappa shape index (κ1) is 31.5. The van der Waals surface area contributed by atoms with Gasteiger partial charge in [-0.2, -0.15) is 0 Å². The van der Waals surface area contributed by atoms with Crippen molar-refractivity contribution in [3.63, 3.8) is 0 Å². The number of alkyl halides is 1. The van der Waals surface area contributed by atoms with Crippen LogP contribution in [-0.2, 0) is 21.3 Å². The van der Waals surface area contributed by atoms with Crippen molar-refractivity contribution in [3.8, 4) is 16.9 Å². The number of carboxylic acid groups (broad SMARTS) is 1. The molecule has 1 aromatic heterocycles. The maximum absolute atomic E-state index is 13.2. The molecule has 2 aromatic carbocycles. The molecule has 5 rings (SSSR count). The number of benzene rings is 2. The van der Waals surface area contributed by atoms with E-state index in [0.717, 1.165) is 59.8 Å². The molecule has 43 heavy (non-hydrogen) atoms. The number of aromatic nitrogens is 1. The van der Waals surface area contributed by atoms with Crippen LogP contribution in [0.2, 0.25) is 0 Å². The maximum Gasteiger partial charge on any atom is 0.337 e. The van der Waals surface area contributed by atoms with Crippen LogP contribution in [0.1, 0.15) is 81.5 Å². The number of aliphatic carboxylic acids is 1. The number of carboxylic acids is 1. The van der Waals surface area contributed by atoms with E-state index in [4.69, 9.17) is 14.5 Å². The Labute approximate surface area is 262 Å². The molecule has 2 aliphatic rings. The van der Waals surface area contributed by atoms with Crippen LogP contribution in [0.25, 0.3) is 11.1 Å². The van der Waals surface area contributed by atoms with Gasteiger partial charge in [-0.25, -0.2) is 9.18 Å². The zero-order valence-electron chi connectivity index (χ0n) is 25.6. The van der Waals surface area contributed by atoms with Gasteiger partial charge in [0.25, 0.3) is 0 Å². The topological polar surface area (TPSA) is 71.9 Å². The highest BCUT2D eigenvalue weighted by Crippen LogP contribution is 2.51. The SMILES string of the molecule is Cc1nc(CBr)c(-c2ccc(OCCc3ccc(F)cc3)cc2)c(N2CCC3(CCC3)CC2)c1C(OC(C)(C)C)C(=O)O. The zero-order valence-corrected chi connectivity index (χ0v) is 27.2. The van der Waals surface area contributed by atoms with Gasteiger partial charge < -0.3 is 19.5 Å². The standard InChI is InChI=1S/C35H42BrFN2O4/c1-23-29(32(33(40)41)43-34(2,3)4)31(39-19-17-35(18-20-39)15-5-16-35)30(28(22-36)38-23)25-8-12-27(13-9-25)42-21-14-24-6-10-26(37)11-7-24/h6-13,32H,5,14-22H2,1-4H3,(H,40,41). The highest BCUT2D eigenvalue weighted by molar-refractivity contribution is 9.08. The van der Waals surface area contributed by atoms with E-state index in [0.29, 0.717) is 35.0 Å². The van der Waals surface area contributed by atoms with Crippen molar-refractivity contribution in [1.29, 1.82) is 0 Å². The maximum atomic E-state index is 13.2. The third kappa shape index (κ3) is 7.23. The van der Waals surface area contributed by atoms with Gasteiger partial charge in [-0.15, -0.1) is 0 Å². The van der Waals surface area contributed by atoms with Gasteiger partial charge in [0.05, 0.1) is 23.6 Å². The van der Waals surface area contributed by atoms with E-state index in [1.807, 2.05) is 52.0 Å². The van der Waals surface area contributed by atoms with Crippen molar-refractivity contribution in [1.82, 2.24) is 4.98 Å². The summed E-state index contributed by atoms with van der Waals surface area (Å²) in [5, 5.41) is 11.0. The van der Waals surface area contributed by atoms with Gasteiger partial charge in [0.2, 0.25) is 0 Å². The second-order valence-electron chi connectivity index (χ2n) is 13.0. The highest BCUT2D eigenvalue weighted by Gasteiger charge is 2.42. The predicted octanol–water partition coefficient (Wildman–Crippen LogP) is 8.42. The summed E-state index contributed by atoms with van der Waals surface area (Å²) in [5.41, 5.74) is 5.77. The first-order valence-electron chi connectivity index (χ1n) is 15.2. The van der Waals surface area contributed by atoms with Gasteiger partial charge >= 0.3 is 5.97 Å². The van der Waals surface area contributed by atoms with Crippen LogP contribution in [0.3, 0.4) is 0 Å². The Kier molecular flexibility index (Phi) is 9.47. The summed E-state index contributed by atoms with van der Waals surface area (Å²) < 4.78 is 25.5. The summed E-state index contributed by atoms with van der Waals surface area (Å²) in [6.07, 6.45) is 5.61. The molecule has 3 aromatic rings. The first-order valence-corrected chi connectivity index (χ1v) is 16.3. The summed E-state index contributed by atoms with van der Waals surface area (Å²) in [5.74, 6) is -0.531. The lowest BCUT2D eigenvalue weighted by atomic mass is 9.63. The number of hydrogen-bond acceptors (Lipinski definition) is 5. The molecule has 1 aliphatic carbocycles. The molecule has 6 nitrogen and oxygen atoms in total. The molecule has 1 atom stereocenters. The lowest BCUT2D eigenvalue weighted by Crippen LogP contribution is -2.44. The minimum atomic E-state index is -1.15. The Balaban J connectivity index is 1.51. The smallest absolute Gasteiger partial charge is 0.337 e. The van der Waals surface area contributed by atoms with Gasteiger partial charge in [-0.1, -0.05) is 46.6 Å². The molecule has 1 N–H and O–H groups in total. The third-order valence-corrected chi connectivity index (χ3v) is 9.36. The second-order valence-corrected chi connectivity index (χ2v) is 13.5. The van der Waals surface area contributed by atoms with Crippen molar-refractivity contribution >= 4 is 27.6 Å². The van der Waals surface area contributed by atoms with E-state index in [2.05, 4.69) is 20.8 Å². The van der Waals surface area contributed by atoms with Crippen molar-refractivity contribution in [2.24, 2.45) is 5.41 Å². The molecule has 2 fully saturated rings. The third-order valence-electron chi connectivity index (χ3n) is 8.83. The minimum absolute atomic E-state index is 0.247.